The van der Waals surface area contributed by atoms with Crippen LogP contribution < -0.4 is 5.19 Å². The van der Waals surface area contributed by atoms with Crippen molar-refractivity contribution in [2.45, 2.75) is 12.6 Å². The highest BCUT2D eigenvalue weighted by molar-refractivity contribution is 14.1. The molecule has 2 heterocycles. The van der Waals surface area contributed by atoms with Crippen LogP contribution in [0.5, 0.6) is 5.75 Å². The molecular formula is C20H15I2NO2SSi. The van der Waals surface area contributed by atoms with E-state index in [-0.39, 0.29) is 11.5 Å². The zero-order valence-corrected chi connectivity index (χ0v) is 20.6. The molecule has 1 aliphatic carbocycles. The summed E-state index contributed by atoms with van der Waals surface area (Å²) < 4.78 is 2.33. The minimum Gasteiger partial charge on any atom is -0.508 e. The number of aliphatic imine (C=N–C) groups is 1. The van der Waals surface area contributed by atoms with Crippen LogP contribution in [0.3, 0.4) is 0 Å². The van der Waals surface area contributed by atoms with Gasteiger partial charge < -0.3 is 5.11 Å². The number of thiophene rings is 1. The van der Waals surface area contributed by atoms with E-state index in [1.807, 2.05) is 24.3 Å². The minimum atomic E-state index is -2.35. The molecule has 1 N–H and O–H groups in total. The van der Waals surface area contributed by atoms with E-state index in [0.29, 0.717) is 0 Å². The summed E-state index contributed by atoms with van der Waals surface area (Å²) in [7, 11) is -2.35. The van der Waals surface area contributed by atoms with Crippen LogP contribution in [0.15, 0.2) is 59.3 Å². The third-order valence-electron chi connectivity index (χ3n) is 4.96. The maximum absolute atomic E-state index is 13.0. The number of carbonyl (C=O) groups is 1. The van der Waals surface area contributed by atoms with E-state index < -0.39 is 8.07 Å². The Morgan fingerprint density at radius 2 is 2.07 bits per heavy atom. The molecule has 1 unspecified atom stereocenters. The summed E-state index contributed by atoms with van der Waals surface area (Å²) in [5.41, 5.74) is 2.53. The van der Waals surface area contributed by atoms with Gasteiger partial charge in [0.25, 0.3) is 0 Å². The molecule has 1 aromatic heterocycles. The lowest BCUT2D eigenvalue weighted by Crippen LogP contribution is -2.52. The number of halogens is 2. The van der Waals surface area contributed by atoms with Crippen LogP contribution >= 0.6 is 56.5 Å². The van der Waals surface area contributed by atoms with E-state index in [0.717, 1.165) is 41.8 Å². The molecule has 1 aliphatic heterocycles. The Hall–Kier alpha value is -1.04. The molecule has 3 nitrogen and oxygen atoms in total. The Kier molecular flexibility index (Phi) is 5.06. The Balaban J connectivity index is 2.09. The van der Waals surface area contributed by atoms with Gasteiger partial charge in [0.15, 0.2) is 5.78 Å². The summed E-state index contributed by atoms with van der Waals surface area (Å²) in [6, 6.07) is 8.22. The van der Waals surface area contributed by atoms with Gasteiger partial charge in [0.2, 0.25) is 0 Å². The molecule has 2 aliphatic rings. The Bertz CT molecular complexity index is 1080. The average molecular weight is 615 g/mol. The molecule has 2 aromatic rings. The van der Waals surface area contributed by atoms with Crippen molar-refractivity contribution in [3.63, 3.8) is 0 Å². The van der Waals surface area contributed by atoms with Gasteiger partial charge in [-0.3, -0.25) is 4.79 Å². The van der Waals surface area contributed by atoms with Crippen LogP contribution in [0.4, 0.5) is 5.69 Å². The standard InChI is InChI=1S/C20H15I2NO2SSi/c1-3-8-27(2)17-9-11(24)4-5-13(17)23-14-6-7-15(25)18(19(14)27)16-10-12(21)20(22)26-16/h3-7,9-10,24H,1,8H2,2H3. The van der Waals surface area contributed by atoms with Crippen LogP contribution in [-0.2, 0) is 4.79 Å². The van der Waals surface area contributed by atoms with Crippen molar-refractivity contribution in [3.05, 3.63) is 65.6 Å². The minimum absolute atomic E-state index is 0.0318. The van der Waals surface area contributed by atoms with Crippen LogP contribution in [-0.4, -0.2) is 24.7 Å². The number of nitrogens with zero attached hydrogens (tertiary/aromatic N) is 1. The number of phenols is 1. The van der Waals surface area contributed by atoms with E-state index in [2.05, 4.69) is 64.4 Å². The lowest BCUT2D eigenvalue weighted by Gasteiger charge is -2.37. The van der Waals surface area contributed by atoms with Gasteiger partial charge in [-0.15, -0.1) is 17.9 Å². The first-order valence-electron chi connectivity index (χ1n) is 8.31. The second-order valence-corrected chi connectivity index (χ2v) is 14.8. The van der Waals surface area contributed by atoms with Gasteiger partial charge in [0.1, 0.15) is 13.8 Å². The Morgan fingerprint density at radius 3 is 2.74 bits per heavy atom. The summed E-state index contributed by atoms with van der Waals surface area (Å²) in [6.45, 7) is 6.22. The lowest BCUT2D eigenvalue weighted by molar-refractivity contribution is -0.109. The predicted molar refractivity (Wildman–Crippen MR) is 132 cm³/mol. The van der Waals surface area contributed by atoms with Crippen LogP contribution in [0.2, 0.25) is 12.6 Å². The first kappa shape index (κ1) is 19.3. The number of carbonyl (C=O) groups excluding carboxylic acids is 1. The third-order valence-corrected chi connectivity index (χ3v) is 13.7. The molecule has 136 valence electrons. The number of allylic oxidation sites excluding steroid dienone is 5. The Labute approximate surface area is 189 Å². The monoisotopic (exact) mass is 615 g/mol. The van der Waals surface area contributed by atoms with Crippen molar-refractivity contribution in [1.82, 2.24) is 0 Å². The first-order valence-corrected chi connectivity index (χ1v) is 14.0. The number of phenolic OH excluding ortho intramolecular Hbond substituents is 1. The fourth-order valence-electron chi connectivity index (χ4n) is 3.77. The van der Waals surface area contributed by atoms with Gasteiger partial charge >= 0.3 is 0 Å². The van der Waals surface area contributed by atoms with Gasteiger partial charge in [0.05, 0.1) is 14.3 Å². The highest BCUT2D eigenvalue weighted by Gasteiger charge is 2.44. The molecule has 1 aromatic carbocycles. The van der Waals surface area contributed by atoms with Gasteiger partial charge in [-0.1, -0.05) is 12.6 Å². The summed E-state index contributed by atoms with van der Waals surface area (Å²) in [4.78, 5) is 18.8. The quantitative estimate of drug-likeness (QED) is 0.219. The van der Waals surface area contributed by atoms with E-state index in [1.165, 1.54) is 2.88 Å². The molecule has 27 heavy (non-hydrogen) atoms. The topological polar surface area (TPSA) is 49.7 Å². The lowest BCUT2D eigenvalue weighted by atomic mass is 10.0. The van der Waals surface area contributed by atoms with Crippen LogP contribution in [0.1, 0.15) is 4.88 Å². The molecule has 7 heteroatoms. The molecule has 1 atom stereocenters. The number of ketones is 1. The molecule has 0 spiro atoms. The predicted octanol–water partition coefficient (Wildman–Crippen LogP) is 5.35. The molecule has 0 saturated heterocycles. The molecule has 0 radical (unpaired) electrons. The summed E-state index contributed by atoms with van der Waals surface area (Å²) >= 11 is 6.27. The van der Waals surface area contributed by atoms with E-state index >= 15 is 0 Å². The Morgan fingerprint density at radius 1 is 1.30 bits per heavy atom. The number of hydrogen-bond donors (Lipinski definition) is 1. The molecule has 0 fully saturated rings. The second kappa shape index (κ2) is 7.09. The molecule has 0 amide bonds. The van der Waals surface area contributed by atoms with E-state index in [1.54, 1.807) is 23.5 Å². The fraction of sp³-hybridized carbons (Fsp3) is 0.100. The second-order valence-electron chi connectivity index (χ2n) is 6.70. The van der Waals surface area contributed by atoms with Crippen molar-refractivity contribution in [3.8, 4) is 5.75 Å². The maximum Gasteiger partial charge on any atom is 0.187 e. The molecule has 4 rings (SSSR count). The van der Waals surface area contributed by atoms with Gasteiger partial charge in [0, 0.05) is 14.0 Å². The van der Waals surface area contributed by atoms with Crippen molar-refractivity contribution in [2.24, 2.45) is 4.99 Å². The molecular weight excluding hydrogens is 600 g/mol. The normalized spacial score (nSPS) is 21.0. The zero-order valence-electron chi connectivity index (χ0n) is 14.4. The zero-order chi connectivity index (χ0) is 19.3. The highest BCUT2D eigenvalue weighted by Crippen LogP contribution is 2.42. The number of aromatic hydroxyl groups is 1. The SMILES string of the molecule is C=CC[Si]1(C)C2=C(c3cc(I)c(I)s3)C(=O)C=CC2=Nc2ccc(O)cc21. The fourth-order valence-corrected chi connectivity index (χ4v) is 10.4. The van der Waals surface area contributed by atoms with Crippen molar-refractivity contribution >= 4 is 92.5 Å². The van der Waals surface area contributed by atoms with Crippen LogP contribution in [0, 0.1) is 6.45 Å². The van der Waals surface area contributed by atoms with Crippen molar-refractivity contribution < 1.29 is 9.90 Å². The van der Waals surface area contributed by atoms with E-state index in [4.69, 9.17) is 4.99 Å². The average Bonchev–Trinajstić information content (AvgIpc) is 2.95. The molecule has 0 bridgehead atoms. The summed E-state index contributed by atoms with van der Waals surface area (Å²) in [5, 5.41) is 12.2. The smallest absolute Gasteiger partial charge is 0.187 e. The van der Waals surface area contributed by atoms with Gasteiger partial charge in [-0.05, 0) is 98.0 Å². The summed E-state index contributed by atoms with van der Waals surface area (Å²) in [6.07, 6.45) is 5.40. The largest absolute Gasteiger partial charge is 0.508 e. The number of benzene rings is 1. The van der Waals surface area contributed by atoms with Gasteiger partial charge in [-0.25, -0.2) is 4.99 Å². The number of hydrogen-bond acceptors (Lipinski definition) is 4. The first-order chi connectivity index (χ1) is 12.8. The molecule has 0 saturated carbocycles. The van der Waals surface area contributed by atoms with E-state index in [9.17, 15) is 9.90 Å². The number of fused-ring (bicyclic) bond motifs is 2. The maximum atomic E-state index is 13.0. The highest BCUT2D eigenvalue weighted by atomic mass is 127. The number of rotatable bonds is 3. The summed E-state index contributed by atoms with van der Waals surface area (Å²) in [5.74, 6) is 0.264. The van der Waals surface area contributed by atoms with Crippen LogP contribution in [0.25, 0.3) is 5.57 Å². The van der Waals surface area contributed by atoms with Gasteiger partial charge in [-0.2, -0.15) is 0 Å². The van der Waals surface area contributed by atoms with Crippen molar-refractivity contribution in [1.29, 1.82) is 0 Å². The van der Waals surface area contributed by atoms with Crippen molar-refractivity contribution in [2.75, 3.05) is 0 Å². The third kappa shape index (κ3) is 3.12.